The van der Waals surface area contributed by atoms with Crippen LogP contribution in [0.3, 0.4) is 0 Å². The van der Waals surface area contributed by atoms with E-state index in [1.54, 1.807) is 11.8 Å². The molecule has 1 aromatic rings. The molecule has 78 valence electrons. The van der Waals surface area contributed by atoms with Crippen molar-refractivity contribution < 1.29 is 0 Å². The molecular formula is C12H19NS. The maximum Gasteiger partial charge on any atom is 0.0305 e. The van der Waals surface area contributed by atoms with Gasteiger partial charge in [-0.25, -0.2) is 0 Å². The van der Waals surface area contributed by atoms with E-state index in [2.05, 4.69) is 37.4 Å². The van der Waals surface area contributed by atoms with Gasteiger partial charge >= 0.3 is 0 Å². The fourth-order valence-corrected chi connectivity index (χ4v) is 2.22. The highest BCUT2D eigenvalue weighted by Gasteiger charge is 2.08. The number of hydrogen-bond donors (Lipinski definition) is 1. The Labute approximate surface area is 91.1 Å². The molecule has 0 saturated heterocycles. The van der Waals surface area contributed by atoms with Gasteiger partial charge in [0.05, 0.1) is 0 Å². The molecule has 0 radical (unpaired) electrons. The summed E-state index contributed by atoms with van der Waals surface area (Å²) in [6.07, 6.45) is 5.62. The monoisotopic (exact) mass is 209 g/mol. The van der Waals surface area contributed by atoms with Crippen LogP contribution in [0.15, 0.2) is 29.2 Å². The van der Waals surface area contributed by atoms with Gasteiger partial charge in [0.2, 0.25) is 0 Å². The van der Waals surface area contributed by atoms with Crippen molar-refractivity contribution in [2.75, 3.05) is 6.26 Å². The van der Waals surface area contributed by atoms with E-state index < -0.39 is 0 Å². The molecular weight excluding hydrogens is 190 g/mol. The lowest BCUT2D eigenvalue weighted by molar-refractivity contribution is 0.596. The van der Waals surface area contributed by atoms with Crippen LogP contribution in [0.5, 0.6) is 0 Å². The molecule has 2 heteroatoms. The third-order valence-electron chi connectivity index (χ3n) is 2.41. The van der Waals surface area contributed by atoms with E-state index in [0.29, 0.717) is 0 Å². The Kier molecular flexibility index (Phi) is 5.05. The molecule has 0 amide bonds. The fraction of sp³-hybridized carbons (Fsp3) is 0.500. The third-order valence-corrected chi connectivity index (χ3v) is 3.22. The summed E-state index contributed by atoms with van der Waals surface area (Å²) in [5, 5.41) is 0. The van der Waals surface area contributed by atoms with Gasteiger partial charge in [0, 0.05) is 10.9 Å². The maximum absolute atomic E-state index is 6.14. The normalized spacial score (nSPS) is 12.8. The number of nitrogens with two attached hydrogens (primary N) is 1. The second kappa shape index (κ2) is 6.10. The smallest absolute Gasteiger partial charge is 0.0305 e. The van der Waals surface area contributed by atoms with Gasteiger partial charge in [-0.3, -0.25) is 0 Å². The van der Waals surface area contributed by atoms with Crippen LogP contribution in [0.4, 0.5) is 0 Å². The first kappa shape index (κ1) is 11.6. The lowest BCUT2D eigenvalue weighted by Crippen LogP contribution is -2.10. The van der Waals surface area contributed by atoms with Crippen LogP contribution >= 0.6 is 11.8 Å². The zero-order chi connectivity index (χ0) is 10.4. The number of benzene rings is 1. The van der Waals surface area contributed by atoms with Gasteiger partial charge in [-0.2, -0.15) is 0 Å². The molecule has 14 heavy (non-hydrogen) atoms. The van der Waals surface area contributed by atoms with Crippen molar-refractivity contribution in [1.29, 1.82) is 0 Å². The summed E-state index contributed by atoms with van der Waals surface area (Å²) in [6, 6.07) is 8.64. The second-order valence-corrected chi connectivity index (χ2v) is 4.34. The lowest BCUT2D eigenvalue weighted by atomic mass is 10.0. The van der Waals surface area contributed by atoms with Crippen LogP contribution in [0, 0.1) is 0 Å². The summed E-state index contributed by atoms with van der Waals surface area (Å²) in [6.45, 7) is 2.20. The zero-order valence-electron chi connectivity index (χ0n) is 8.99. The first-order chi connectivity index (χ1) is 6.79. The lowest BCUT2D eigenvalue weighted by Gasteiger charge is -2.14. The van der Waals surface area contributed by atoms with Crippen LogP contribution in [-0.2, 0) is 0 Å². The molecule has 0 aliphatic heterocycles. The first-order valence-corrected chi connectivity index (χ1v) is 6.40. The largest absolute Gasteiger partial charge is 0.324 e. The minimum Gasteiger partial charge on any atom is -0.324 e. The van der Waals surface area contributed by atoms with E-state index in [-0.39, 0.29) is 6.04 Å². The molecule has 0 saturated carbocycles. The summed E-state index contributed by atoms with van der Waals surface area (Å²) in [4.78, 5) is 1.32. The molecule has 0 aromatic heterocycles. The molecule has 1 atom stereocenters. The quantitative estimate of drug-likeness (QED) is 0.750. The third kappa shape index (κ3) is 3.03. The Balaban J connectivity index is 2.72. The second-order valence-electron chi connectivity index (χ2n) is 3.49. The molecule has 1 rings (SSSR count). The Morgan fingerprint density at radius 3 is 2.71 bits per heavy atom. The highest BCUT2D eigenvalue weighted by molar-refractivity contribution is 7.98. The van der Waals surface area contributed by atoms with E-state index in [1.807, 2.05) is 0 Å². The van der Waals surface area contributed by atoms with Gasteiger partial charge < -0.3 is 5.73 Å². The van der Waals surface area contributed by atoms with Crippen molar-refractivity contribution in [3.63, 3.8) is 0 Å². The van der Waals surface area contributed by atoms with Crippen LogP contribution in [0.1, 0.15) is 37.8 Å². The molecule has 0 spiro atoms. The number of unbranched alkanes of at least 4 members (excludes halogenated alkanes) is 1. The average molecular weight is 209 g/mol. The maximum atomic E-state index is 6.14. The molecule has 0 heterocycles. The van der Waals surface area contributed by atoms with Gasteiger partial charge in [0.25, 0.3) is 0 Å². The number of hydrogen-bond acceptors (Lipinski definition) is 2. The molecule has 0 aliphatic carbocycles. The standard InChI is InChI=1S/C12H19NS/c1-3-4-8-11(13)10-7-5-6-9-12(10)14-2/h5-7,9,11H,3-4,8,13H2,1-2H3. The van der Waals surface area contributed by atoms with Crippen molar-refractivity contribution in [3.8, 4) is 0 Å². The van der Waals surface area contributed by atoms with Crippen LogP contribution in [0.2, 0.25) is 0 Å². The van der Waals surface area contributed by atoms with E-state index in [1.165, 1.54) is 23.3 Å². The van der Waals surface area contributed by atoms with Crippen molar-refractivity contribution in [3.05, 3.63) is 29.8 Å². The average Bonchev–Trinajstić information content (AvgIpc) is 2.25. The molecule has 1 aromatic carbocycles. The Morgan fingerprint density at radius 2 is 2.07 bits per heavy atom. The molecule has 1 nitrogen and oxygen atoms in total. The van der Waals surface area contributed by atoms with E-state index in [9.17, 15) is 0 Å². The highest BCUT2D eigenvalue weighted by atomic mass is 32.2. The minimum atomic E-state index is 0.207. The summed E-state index contributed by atoms with van der Waals surface area (Å²) in [7, 11) is 0. The molecule has 0 aliphatic rings. The SMILES string of the molecule is CCCCC(N)c1ccccc1SC. The highest BCUT2D eigenvalue weighted by Crippen LogP contribution is 2.26. The van der Waals surface area contributed by atoms with Crippen LogP contribution < -0.4 is 5.73 Å². The number of rotatable bonds is 5. The van der Waals surface area contributed by atoms with Crippen LogP contribution in [-0.4, -0.2) is 6.26 Å². The van der Waals surface area contributed by atoms with Crippen LogP contribution in [0.25, 0.3) is 0 Å². The van der Waals surface area contributed by atoms with Gasteiger partial charge in [-0.1, -0.05) is 38.0 Å². The Bertz CT molecular complexity index is 273. The predicted molar refractivity (Wildman–Crippen MR) is 64.7 cm³/mol. The Morgan fingerprint density at radius 1 is 1.36 bits per heavy atom. The summed E-state index contributed by atoms with van der Waals surface area (Å²) < 4.78 is 0. The van der Waals surface area contributed by atoms with Gasteiger partial charge in [0.1, 0.15) is 0 Å². The Hall–Kier alpha value is -0.470. The summed E-state index contributed by atoms with van der Waals surface area (Å²) in [5.41, 5.74) is 7.44. The first-order valence-electron chi connectivity index (χ1n) is 5.18. The number of thioether (sulfide) groups is 1. The summed E-state index contributed by atoms with van der Waals surface area (Å²) >= 11 is 1.78. The van der Waals surface area contributed by atoms with E-state index >= 15 is 0 Å². The van der Waals surface area contributed by atoms with Crippen molar-refractivity contribution >= 4 is 11.8 Å². The van der Waals surface area contributed by atoms with E-state index in [0.717, 1.165) is 6.42 Å². The zero-order valence-corrected chi connectivity index (χ0v) is 9.81. The van der Waals surface area contributed by atoms with Crippen molar-refractivity contribution in [2.24, 2.45) is 5.73 Å². The summed E-state index contributed by atoms with van der Waals surface area (Å²) in [5.74, 6) is 0. The topological polar surface area (TPSA) is 26.0 Å². The fourth-order valence-electron chi connectivity index (χ4n) is 1.55. The molecule has 0 fully saturated rings. The predicted octanol–water partition coefficient (Wildman–Crippen LogP) is 3.60. The molecule has 1 unspecified atom stereocenters. The van der Waals surface area contributed by atoms with E-state index in [4.69, 9.17) is 5.73 Å². The van der Waals surface area contributed by atoms with Gasteiger partial charge in [0.15, 0.2) is 0 Å². The van der Waals surface area contributed by atoms with Crippen molar-refractivity contribution in [2.45, 2.75) is 37.1 Å². The van der Waals surface area contributed by atoms with Crippen molar-refractivity contribution in [1.82, 2.24) is 0 Å². The van der Waals surface area contributed by atoms with Gasteiger partial charge in [-0.05, 0) is 24.3 Å². The molecule has 0 bridgehead atoms. The minimum absolute atomic E-state index is 0.207. The molecule has 2 N–H and O–H groups in total. The van der Waals surface area contributed by atoms with Gasteiger partial charge in [-0.15, -0.1) is 11.8 Å².